The number of aromatic nitrogens is 2. The van der Waals surface area contributed by atoms with Crippen molar-refractivity contribution < 1.29 is 4.79 Å². The normalized spacial score (nSPS) is 16.2. The molecule has 8 heteroatoms. The number of carbonyl (C=O) groups is 1. The van der Waals surface area contributed by atoms with Gasteiger partial charge in [-0.25, -0.2) is 4.98 Å². The molecular weight excluding hydrogens is 390 g/mol. The van der Waals surface area contributed by atoms with Crippen molar-refractivity contribution >= 4 is 33.9 Å². The summed E-state index contributed by atoms with van der Waals surface area (Å²) >= 11 is 0. The second-order valence-electron chi connectivity index (χ2n) is 7.80. The molecule has 1 amide bonds. The maximum atomic E-state index is 13.1. The lowest BCUT2D eigenvalue weighted by Crippen LogP contribution is -2.43. The monoisotopic (exact) mass is 415 g/mol. The molecule has 8 nitrogen and oxygen atoms in total. The van der Waals surface area contributed by atoms with Crippen LogP contribution in [0.5, 0.6) is 0 Å². The standard InChI is InChI=1S/C23H25N7O/c1-2-14-5-6-15-9-18(26)21(28-19(15)8-14)23(31)29-20-12-27-11-16(10-24)22(20)30-7-3-4-17(25)13-30/h5-6,8-9,11-12,17H,2-4,7,13,25-26H2,1H3,(H,29,31). The number of nitriles is 1. The van der Waals surface area contributed by atoms with Gasteiger partial charge < -0.3 is 21.7 Å². The number of nitrogen functional groups attached to an aromatic ring is 1. The van der Waals surface area contributed by atoms with E-state index < -0.39 is 5.91 Å². The summed E-state index contributed by atoms with van der Waals surface area (Å²) < 4.78 is 0. The summed E-state index contributed by atoms with van der Waals surface area (Å²) in [6.45, 7) is 3.43. The lowest BCUT2D eigenvalue weighted by Gasteiger charge is -2.34. The first-order chi connectivity index (χ1) is 15.0. The van der Waals surface area contributed by atoms with Crippen LogP contribution in [0.4, 0.5) is 17.1 Å². The van der Waals surface area contributed by atoms with Crippen molar-refractivity contribution in [1.29, 1.82) is 5.26 Å². The molecule has 0 saturated carbocycles. The third kappa shape index (κ3) is 4.13. The molecular formula is C23H25N7O. The number of amides is 1. The van der Waals surface area contributed by atoms with Gasteiger partial charge in [0, 0.05) is 30.7 Å². The van der Waals surface area contributed by atoms with Crippen molar-refractivity contribution in [2.75, 3.05) is 29.0 Å². The van der Waals surface area contributed by atoms with Crippen LogP contribution < -0.4 is 21.7 Å². The number of rotatable bonds is 4. The maximum Gasteiger partial charge on any atom is 0.276 e. The van der Waals surface area contributed by atoms with E-state index in [9.17, 15) is 10.1 Å². The van der Waals surface area contributed by atoms with Crippen LogP contribution in [0.1, 0.15) is 41.4 Å². The molecule has 3 heterocycles. The average Bonchev–Trinajstić information content (AvgIpc) is 2.78. The van der Waals surface area contributed by atoms with Gasteiger partial charge in [-0.05, 0) is 37.0 Å². The molecule has 0 bridgehead atoms. The Morgan fingerprint density at radius 3 is 2.94 bits per heavy atom. The average molecular weight is 416 g/mol. The fourth-order valence-corrected chi connectivity index (χ4v) is 3.99. The molecule has 2 aromatic heterocycles. The third-order valence-electron chi connectivity index (χ3n) is 5.60. The topological polar surface area (TPSA) is 134 Å². The van der Waals surface area contributed by atoms with Crippen molar-refractivity contribution in [3.05, 3.63) is 53.5 Å². The summed E-state index contributed by atoms with van der Waals surface area (Å²) in [4.78, 5) is 23.8. The molecule has 1 atom stereocenters. The summed E-state index contributed by atoms with van der Waals surface area (Å²) in [5.41, 5.74) is 16.0. The highest BCUT2D eigenvalue weighted by atomic mass is 16.1. The number of hydrogen-bond donors (Lipinski definition) is 3. The SMILES string of the molecule is CCc1ccc2cc(N)c(C(=O)Nc3cncc(C#N)c3N3CCCC(N)C3)nc2c1. The highest BCUT2D eigenvalue weighted by molar-refractivity contribution is 6.09. The van der Waals surface area contributed by atoms with Crippen molar-refractivity contribution in [3.63, 3.8) is 0 Å². The third-order valence-corrected chi connectivity index (χ3v) is 5.60. The minimum absolute atomic E-state index is 0.0163. The summed E-state index contributed by atoms with van der Waals surface area (Å²) in [5, 5.41) is 13.4. The molecule has 1 aliphatic heterocycles. The zero-order valence-corrected chi connectivity index (χ0v) is 17.4. The second-order valence-corrected chi connectivity index (χ2v) is 7.80. The van der Waals surface area contributed by atoms with E-state index >= 15 is 0 Å². The summed E-state index contributed by atoms with van der Waals surface area (Å²) in [5.74, 6) is -0.444. The lowest BCUT2D eigenvalue weighted by atomic mass is 10.0. The number of anilines is 3. The van der Waals surface area contributed by atoms with Crippen molar-refractivity contribution in [1.82, 2.24) is 9.97 Å². The van der Waals surface area contributed by atoms with Gasteiger partial charge >= 0.3 is 0 Å². The Bertz CT molecular complexity index is 1180. The van der Waals surface area contributed by atoms with Gasteiger partial charge in [-0.3, -0.25) is 9.78 Å². The van der Waals surface area contributed by atoms with Crippen LogP contribution in [0.2, 0.25) is 0 Å². The Kier molecular flexibility index (Phi) is 5.69. The van der Waals surface area contributed by atoms with Crippen LogP contribution >= 0.6 is 0 Å². The van der Waals surface area contributed by atoms with Gasteiger partial charge in [0.1, 0.15) is 6.07 Å². The highest BCUT2D eigenvalue weighted by Gasteiger charge is 2.24. The minimum atomic E-state index is -0.444. The minimum Gasteiger partial charge on any atom is -0.397 e. The Hall–Kier alpha value is -3.70. The predicted molar refractivity (Wildman–Crippen MR) is 122 cm³/mol. The largest absolute Gasteiger partial charge is 0.397 e. The number of hydrogen-bond acceptors (Lipinski definition) is 7. The Morgan fingerprint density at radius 1 is 1.35 bits per heavy atom. The lowest BCUT2D eigenvalue weighted by molar-refractivity contribution is 0.102. The fourth-order valence-electron chi connectivity index (χ4n) is 3.99. The summed E-state index contributed by atoms with van der Waals surface area (Å²) in [6, 6.07) is 9.89. The van der Waals surface area contributed by atoms with E-state index in [1.165, 1.54) is 6.20 Å². The summed E-state index contributed by atoms with van der Waals surface area (Å²) in [7, 11) is 0. The molecule has 5 N–H and O–H groups in total. The number of piperidine rings is 1. The molecule has 0 aliphatic carbocycles. The number of fused-ring (bicyclic) bond motifs is 1. The van der Waals surface area contributed by atoms with Gasteiger partial charge in [-0.1, -0.05) is 19.1 Å². The number of nitrogens with one attached hydrogen (secondary N) is 1. The molecule has 1 aliphatic rings. The number of nitrogens with zero attached hydrogens (tertiary/aromatic N) is 4. The molecule has 158 valence electrons. The molecule has 1 saturated heterocycles. The van der Waals surface area contributed by atoms with Gasteiger partial charge in [0.15, 0.2) is 5.69 Å². The van der Waals surface area contributed by atoms with Crippen molar-refractivity contribution in [2.45, 2.75) is 32.2 Å². The van der Waals surface area contributed by atoms with Gasteiger partial charge in [-0.15, -0.1) is 0 Å². The summed E-state index contributed by atoms with van der Waals surface area (Å²) in [6.07, 6.45) is 5.77. The number of pyridine rings is 2. The zero-order chi connectivity index (χ0) is 22.0. The van der Waals surface area contributed by atoms with Gasteiger partial charge in [-0.2, -0.15) is 5.26 Å². The number of carbonyl (C=O) groups excluding carboxylic acids is 1. The molecule has 1 fully saturated rings. The van der Waals surface area contributed by atoms with E-state index in [1.807, 2.05) is 23.1 Å². The first kappa shape index (κ1) is 20.6. The van der Waals surface area contributed by atoms with E-state index in [0.29, 0.717) is 34.7 Å². The molecule has 0 spiro atoms. The second kappa shape index (κ2) is 8.58. The first-order valence-electron chi connectivity index (χ1n) is 10.4. The van der Waals surface area contributed by atoms with E-state index in [2.05, 4.69) is 28.3 Å². The van der Waals surface area contributed by atoms with Gasteiger partial charge in [0.2, 0.25) is 0 Å². The molecule has 1 aromatic carbocycles. The Labute approximate surface area is 180 Å². The van der Waals surface area contributed by atoms with Crippen LogP contribution in [0.25, 0.3) is 10.9 Å². The van der Waals surface area contributed by atoms with Crippen LogP contribution in [-0.2, 0) is 6.42 Å². The molecule has 3 aromatic rings. The highest BCUT2D eigenvalue weighted by Crippen LogP contribution is 2.32. The number of nitrogens with two attached hydrogens (primary N) is 2. The van der Waals surface area contributed by atoms with Crippen LogP contribution in [-0.4, -0.2) is 35.0 Å². The fraction of sp³-hybridized carbons (Fsp3) is 0.304. The molecule has 1 unspecified atom stereocenters. The van der Waals surface area contributed by atoms with E-state index in [-0.39, 0.29) is 11.7 Å². The van der Waals surface area contributed by atoms with E-state index in [0.717, 1.165) is 36.8 Å². The molecule has 31 heavy (non-hydrogen) atoms. The predicted octanol–water partition coefficient (Wildman–Crippen LogP) is 2.83. The Morgan fingerprint density at radius 2 is 2.19 bits per heavy atom. The number of aryl methyl sites for hydroxylation is 1. The number of benzene rings is 1. The van der Waals surface area contributed by atoms with Gasteiger partial charge in [0.25, 0.3) is 5.91 Å². The van der Waals surface area contributed by atoms with Crippen molar-refractivity contribution in [2.24, 2.45) is 5.73 Å². The zero-order valence-electron chi connectivity index (χ0n) is 17.4. The van der Waals surface area contributed by atoms with Gasteiger partial charge in [0.05, 0.1) is 34.3 Å². The van der Waals surface area contributed by atoms with Crippen LogP contribution in [0.15, 0.2) is 36.7 Å². The van der Waals surface area contributed by atoms with Crippen LogP contribution in [0.3, 0.4) is 0 Å². The van der Waals surface area contributed by atoms with E-state index in [1.54, 1.807) is 12.3 Å². The molecule has 4 rings (SSSR count). The quantitative estimate of drug-likeness (QED) is 0.596. The van der Waals surface area contributed by atoms with Crippen molar-refractivity contribution in [3.8, 4) is 6.07 Å². The maximum absolute atomic E-state index is 13.1. The molecule has 0 radical (unpaired) electrons. The first-order valence-corrected chi connectivity index (χ1v) is 10.4. The Balaban J connectivity index is 1.70. The van der Waals surface area contributed by atoms with Crippen LogP contribution in [0, 0.1) is 11.3 Å². The van der Waals surface area contributed by atoms with E-state index in [4.69, 9.17) is 11.5 Å². The smallest absolute Gasteiger partial charge is 0.276 e.